The number of nitrogens with two attached hydrogens (primary N) is 1. The number of anilines is 1. The van der Waals surface area contributed by atoms with Gasteiger partial charge in [-0.1, -0.05) is 37.7 Å². The van der Waals surface area contributed by atoms with Crippen molar-refractivity contribution in [2.45, 2.75) is 31.3 Å². The minimum Gasteiger partial charge on any atom is -0.336 e. The van der Waals surface area contributed by atoms with Crippen LogP contribution in [0.5, 0.6) is 0 Å². The predicted octanol–water partition coefficient (Wildman–Crippen LogP) is 2.24. The molecule has 0 saturated heterocycles. The molecule has 3 N–H and O–H groups in total. The number of rotatable bonds is 6. The van der Waals surface area contributed by atoms with Gasteiger partial charge in [0.05, 0.1) is 5.75 Å². The number of nitrogens with one attached hydrogen (secondary N) is 1. The standard InChI is InChI=1S/C14H19N5OS/c1-3-10(2)11-4-6-12(7-5-11)17-13(20)8-21-14-18-16-9-19(14)15/h4-7,9-10H,3,8,15H2,1-2H3,(H,17,20)/t10-/m0/s1. The van der Waals surface area contributed by atoms with Crippen LogP contribution in [0.15, 0.2) is 35.7 Å². The van der Waals surface area contributed by atoms with E-state index in [2.05, 4.69) is 29.4 Å². The van der Waals surface area contributed by atoms with Crippen molar-refractivity contribution < 1.29 is 4.79 Å². The highest BCUT2D eigenvalue weighted by molar-refractivity contribution is 7.99. The quantitative estimate of drug-likeness (QED) is 0.631. The SMILES string of the molecule is CC[C@H](C)c1ccc(NC(=O)CSc2nncn2N)cc1. The summed E-state index contributed by atoms with van der Waals surface area (Å²) in [5.74, 6) is 6.25. The maximum Gasteiger partial charge on any atom is 0.234 e. The minimum absolute atomic E-state index is 0.0979. The number of hydrogen-bond donors (Lipinski definition) is 2. The number of amides is 1. The highest BCUT2D eigenvalue weighted by Gasteiger charge is 2.08. The van der Waals surface area contributed by atoms with Gasteiger partial charge in [-0.15, -0.1) is 10.2 Å². The van der Waals surface area contributed by atoms with Gasteiger partial charge in [-0.05, 0) is 30.0 Å². The molecule has 0 aliphatic heterocycles. The zero-order valence-corrected chi connectivity index (χ0v) is 12.9. The summed E-state index contributed by atoms with van der Waals surface area (Å²) < 4.78 is 1.29. The van der Waals surface area contributed by atoms with Crippen LogP contribution in [0.25, 0.3) is 0 Å². The molecule has 2 aromatic rings. The topological polar surface area (TPSA) is 85.8 Å². The summed E-state index contributed by atoms with van der Waals surface area (Å²) in [5, 5.41) is 10.8. The fourth-order valence-corrected chi connectivity index (χ4v) is 2.43. The van der Waals surface area contributed by atoms with Gasteiger partial charge in [0.2, 0.25) is 11.1 Å². The second-order valence-electron chi connectivity index (χ2n) is 4.79. The Morgan fingerprint density at radius 1 is 1.43 bits per heavy atom. The average Bonchev–Trinajstić information content (AvgIpc) is 2.90. The predicted molar refractivity (Wildman–Crippen MR) is 84.7 cm³/mol. The van der Waals surface area contributed by atoms with Crippen molar-refractivity contribution >= 4 is 23.4 Å². The second-order valence-corrected chi connectivity index (χ2v) is 5.73. The number of nitrogens with zero attached hydrogens (tertiary/aromatic N) is 3. The van der Waals surface area contributed by atoms with Crippen LogP contribution >= 0.6 is 11.8 Å². The van der Waals surface area contributed by atoms with Crippen LogP contribution in [0, 0.1) is 0 Å². The zero-order valence-electron chi connectivity index (χ0n) is 12.1. The normalized spacial score (nSPS) is 12.1. The van der Waals surface area contributed by atoms with E-state index in [0.717, 1.165) is 12.1 Å². The average molecular weight is 305 g/mol. The Kier molecular flexibility index (Phi) is 5.21. The monoisotopic (exact) mass is 305 g/mol. The molecule has 0 fully saturated rings. The third-order valence-electron chi connectivity index (χ3n) is 3.25. The second kappa shape index (κ2) is 7.12. The van der Waals surface area contributed by atoms with Crippen molar-refractivity contribution in [3.63, 3.8) is 0 Å². The number of carbonyl (C=O) groups is 1. The van der Waals surface area contributed by atoms with Gasteiger partial charge in [-0.3, -0.25) is 4.79 Å². The van der Waals surface area contributed by atoms with Crippen LogP contribution in [-0.2, 0) is 4.79 Å². The first-order valence-electron chi connectivity index (χ1n) is 6.78. The van der Waals surface area contributed by atoms with E-state index < -0.39 is 0 Å². The van der Waals surface area contributed by atoms with Crippen molar-refractivity contribution in [1.82, 2.24) is 14.9 Å². The van der Waals surface area contributed by atoms with Gasteiger partial charge in [0, 0.05) is 5.69 Å². The summed E-state index contributed by atoms with van der Waals surface area (Å²) in [6, 6.07) is 7.95. The molecule has 0 bridgehead atoms. The van der Waals surface area contributed by atoms with Crippen molar-refractivity contribution in [2.75, 3.05) is 16.9 Å². The van der Waals surface area contributed by atoms with Gasteiger partial charge in [0.1, 0.15) is 6.33 Å². The first kappa shape index (κ1) is 15.4. The van der Waals surface area contributed by atoms with Gasteiger partial charge >= 0.3 is 0 Å². The molecule has 21 heavy (non-hydrogen) atoms. The number of aromatic nitrogens is 3. The summed E-state index contributed by atoms with van der Waals surface area (Å²) in [6.45, 7) is 4.35. The molecule has 0 aliphatic rings. The molecule has 0 unspecified atom stereocenters. The minimum atomic E-state index is -0.0979. The number of hydrogen-bond acceptors (Lipinski definition) is 5. The van der Waals surface area contributed by atoms with E-state index in [1.165, 1.54) is 28.3 Å². The molecule has 6 nitrogen and oxygen atoms in total. The highest BCUT2D eigenvalue weighted by Crippen LogP contribution is 2.20. The Morgan fingerprint density at radius 2 is 2.14 bits per heavy atom. The molecule has 0 spiro atoms. The third-order valence-corrected chi connectivity index (χ3v) is 4.21. The lowest BCUT2D eigenvalue weighted by Crippen LogP contribution is -2.15. The fraction of sp³-hybridized carbons (Fsp3) is 0.357. The first-order valence-corrected chi connectivity index (χ1v) is 7.76. The van der Waals surface area contributed by atoms with Gasteiger partial charge in [-0.25, -0.2) is 4.68 Å². The molecular weight excluding hydrogens is 286 g/mol. The van der Waals surface area contributed by atoms with E-state index in [1.807, 2.05) is 24.3 Å². The highest BCUT2D eigenvalue weighted by atomic mass is 32.2. The maximum absolute atomic E-state index is 11.9. The van der Waals surface area contributed by atoms with Crippen LogP contribution in [-0.4, -0.2) is 26.5 Å². The summed E-state index contributed by atoms with van der Waals surface area (Å²) >= 11 is 1.25. The van der Waals surface area contributed by atoms with E-state index in [1.54, 1.807) is 0 Å². The van der Waals surface area contributed by atoms with Gasteiger partial charge in [0.25, 0.3) is 0 Å². The van der Waals surface area contributed by atoms with E-state index in [-0.39, 0.29) is 11.7 Å². The van der Waals surface area contributed by atoms with E-state index in [9.17, 15) is 4.79 Å². The molecule has 1 aromatic carbocycles. The largest absolute Gasteiger partial charge is 0.336 e. The van der Waals surface area contributed by atoms with Crippen LogP contribution < -0.4 is 11.2 Å². The number of nitrogen functional groups attached to an aromatic ring is 1. The number of benzene rings is 1. The Labute approximate surface area is 128 Å². The molecule has 1 heterocycles. The van der Waals surface area contributed by atoms with E-state index in [4.69, 9.17) is 5.84 Å². The van der Waals surface area contributed by atoms with Crippen molar-refractivity contribution in [1.29, 1.82) is 0 Å². The fourth-order valence-electron chi connectivity index (χ4n) is 1.79. The molecule has 0 aliphatic carbocycles. The van der Waals surface area contributed by atoms with E-state index >= 15 is 0 Å². The molecule has 7 heteroatoms. The molecule has 1 aromatic heterocycles. The van der Waals surface area contributed by atoms with Crippen molar-refractivity contribution in [3.05, 3.63) is 36.2 Å². The number of thioether (sulfide) groups is 1. The smallest absolute Gasteiger partial charge is 0.234 e. The summed E-state index contributed by atoms with van der Waals surface area (Å²) in [6.07, 6.45) is 2.50. The molecule has 0 saturated carbocycles. The third kappa shape index (κ3) is 4.22. The molecule has 112 valence electrons. The van der Waals surface area contributed by atoms with Gasteiger partial charge < -0.3 is 11.2 Å². The molecule has 1 atom stereocenters. The Morgan fingerprint density at radius 3 is 2.71 bits per heavy atom. The molecule has 1 amide bonds. The Hall–Kier alpha value is -2.02. The van der Waals surface area contributed by atoms with Gasteiger partial charge in [-0.2, -0.15) is 0 Å². The first-order chi connectivity index (χ1) is 10.1. The zero-order chi connectivity index (χ0) is 15.2. The van der Waals surface area contributed by atoms with Crippen LogP contribution in [0.3, 0.4) is 0 Å². The Balaban J connectivity index is 1.86. The van der Waals surface area contributed by atoms with Crippen molar-refractivity contribution in [3.8, 4) is 0 Å². The lowest BCUT2D eigenvalue weighted by molar-refractivity contribution is -0.113. The summed E-state index contributed by atoms with van der Waals surface area (Å²) in [4.78, 5) is 11.9. The Bertz CT molecular complexity index is 596. The van der Waals surface area contributed by atoms with Gasteiger partial charge in [0.15, 0.2) is 0 Å². The molecule has 2 rings (SSSR count). The lowest BCUT2D eigenvalue weighted by Gasteiger charge is -2.10. The molecule has 0 radical (unpaired) electrons. The lowest BCUT2D eigenvalue weighted by atomic mass is 9.99. The number of carbonyl (C=O) groups excluding carboxylic acids is 1. The van der Waals surface area contributed by atoms with Crippen LogP contribution in [0.2, 0.25) is 0 Å². The molecular formula is C14H19N5OS. The summed E-state index contributed by atoms with van der Waals surface area (Å²) in [7, 11) is 0. The van der Waals surface area contributed by atoms with E-state index in [0.29, 0.717) is 11.1 Å². The van der Waals surface area contributed by atoms with Crippen LogP contribution in [0.4, 0.5) is 5.69 Å². The van der Waals surface area contributed by atoms with Crippen LogP contribution in [0.1, 0.15) is 31.7 Å². The van der Waals surface area contributed by atoms with Crippen molar-refractivity contribution in [2.24, 2.45) is 0 Å². The maximum atomic E-state index is 11.9. The summed E-state index contributed by atoms with van der Waals surface area (Å²) in [5.41, 5.74) is 2.07.